The smallest absolute Gasteiger partial charge is 0.0677 e. The van der Waals surface area contributed by atoms with Crippen LogP contribution < -0.4 is 0 Å². The zero-order valence-corrected chi connectivity index (χ0v) is 14.0. The lowest BCUT2D eigenvalue weighted by atomic mass is 9.68. The van der Waals surface area contributed by atoms with Crippen LogP contribution >= 0.6 is 0 Å². The maximum absolute atomic E-state index is 5.58. The van der Waals surface area contributed by atoms with E-state index < -0.39 is 0 Å². The molecule has 2 nitrogen and oxygen atoms in total. The van der Waals surface area contributed by atoms with E-state index in [0.717, 1.165) is 25.3 Å². The number of aliphatic imine (C=N–C) groups is 1. The fourth-order valence-electron chi connectivity index (χ4n) is 3.67. The van der Waals surface area contributed by atoms with Crippen LogP contribution in [0.5, 0.6) is 0 Å². The van der Waals surface area contributed by atoms with E-state index >= 15 is 0 Å². The van der Waals surface area contributed by atoms with Crippen LogP contribution in [0.3, 0.4) is 0 Å². The van der Waals surface area contributed by atoms with E-state index in [9.17, 15) is 0 Å². The topological polar surface area (TPSA) is 21.6 Å². The Kier molecular flexibility index (Phi) is 4.05. The van der Waals surface area contributed by atoms with Gasteiger partial charge in [0, 0.05) is 24.3 Å². The molecule has 0 fully saturated rings. The summed E-state index contributed by atoms with van der Waals surface area (Å²) in [5, 5.41) is 2.64. The number of nitrogens with zero attached hydrogens (tertiary/aromatic N) is 1. The molecule has 0 bridgehead atoms. The SMILES string of the molecule is CCOCCC(C)C1(C)C(C)=Nc2ccc3ccccc3c21. The summed E-state index contributed by atoms with van der Waals surface area (Å²) < 4.78 is 5.58. The summed E-state index contributed by atoms with van der Waals surface area (Å²) in [5.41, 5.74) is 3.75. The number of ether oxygens (including phenoxy) is 1. The van der Waals surface area contributed by atoms with E-state index in [0.29, 0.717) is 5.92 Å². The molecule has 2 atom stereocenters. The third-order valence-corrected chi connectivity index (χ3v) is 5.35. The lowest BCUT2D eigenvalue weighted by Crippen LogP contribution is -2.36. The maximum Gasteiger partial charge on any atom is 0.0677 e. The van der Waals surface area contributed by atoms with E-state index in [1.165, 1.54) is 22.0 Å². The Morgan fingerprint density at radius 3 is 2.73 bits per heavy atom. The highest BCUT2D eigenvalue weighted by molar-refractivity contribution is 6.06. The average molecular weight is 295 g/mol. The van der Waals surface area contributed by atoms with Crippen LogP contribution in [0.15, 0.2) is 41.4 Å². The van der Waals surface area contributed by atoms with Gasteiger partial charge in [-0.1, -0.05) is 37.3 Å². The van der Waals surface area contributed by atoms with Crippen molar-refractivity contribution < 1.29 is 4.74 Å². The minimum atomic E-state index is -0.00665. The van der Waals surface area contributed by atoms with Crippen molar-refractivity contribution in [1.29, 1.82) is 0 Å². The van der Waals surface area contributed by atoms with Crippen LogP contribution in [-0.4, -0.2) is 18.9 Å². The number of fused-ring (bicyclic) bond motifs is 3. The molecular formula is C20H25NO. The van der Waals surface area contributed by atoms with Crippen LogP contribution in [0, 0.1) is 5.92 Å². The highest BCUT2D eigenvalue weighted by Crippen LogP contribution is 2.48. The van der Waals surface area contributed by atoms with Crippen molar-refractivity contribution in [2.45, 2.75) is 39.5 Å². The Labute approximate surface area is 133 Å². The zero-order valence-electron chi connectivity index (χ0n) is 14.0. The first-order chi connectivity index (χ1) is 10.6. The molecule has 1 aliphatic rings. The Morgan fingerprint density at radius 2 is 1.95 bits per heavy atom. The standard InChI is InChI=1S/C20H25NO/c1-5-22-13-12-14(2)20(4)15(3)21-18-11-10-16-8-6-7-9-17(16)19(18)20/h6-11,14H,5,12-13H2,1-4H3. The lowest BCUT2D eigenvalue weighted by Gasteiger charge is -2.34. The van der Waals surface area contributed by atoms with Gasteiger partial charge in [0.25, 0.3) is 0 Å². The van der Waals surface area contributed by atoms with E-state index in [2.05, 4.69) is 64.1 Å². The molecule has 116 valence electrons. The van der Waals surface area contributed by atoms with Gasteiger partial charge in [-0.2, -0.15) is 0 Å². The Bertz CT molecular complexity index is 719. The highest BCUT2D eigenvalue weighted by Gasteiger charge is 2.42. The molecule has 2 aromatic rings. The predicted molar refractivity (Wildman–Crippen MR) is 94.3 cm³/mol. The fraction of sp³-hybridized carbons (Fsp3) is 0.450. The van der Waals surface area contributed by atoms with Crippen molar-refractivity contribution in [1.82, 2.24) is 0 Å². The van der Waals surface area contributed by atoms with Crippen molar-refractivity contribution in [2.24, 2.45) is 10.9 Å². The molecular weight excluding hydrogens is 270 g/mol. The van der Waals surface area contributed by atoms with Gasteiger partial charge in [-0.05, 0) is 55.5 Å². The normalized spacial score (nSPS) is 21.7. The van der Waals surface area contributed by atoms with Gasteiger partial charge in [0.1, 0.15) is 0 Å². The molecule has 2 unspecified atom stereocenters. The van der Waals surface area contributed by atoms with Crippen LogP contribution in [0.4, 0.5) is 5.69 Å². The number of hydrogen-bond acceptors (Lipinski definition) is 2. The molecule has 3 rings (SSSR count). The Hall–Kier alpha value is -1.67. The second kappa shape index (κ2) is 5.85. The van der Waals surface area contributed by atoms with Gasteiger partial charge in [0.05, 0.1) is 5.69 Å². The highest BCUT2D eigenvalue weighted by atomic mass is 16.5. The Morgan fingerprint density at radius 1 is 1.18 bits per heavy atom. The summed E-state index contributed by atoms with van der Waals surface area (Å²) in [4.78, 5) is 4.88. The van der Waals surface area contributed by atoms with Crippen molar-refractivity contribution in [2.75, 3.05) is 13.2 Å². The predicted octanol–water partition coefficient (Wildman–Crippen LogP) is 5.27. The lowest BCUT2D eigenvalue weighted by molar-refractivity contribution is 0.127. The third-order valence-electron chi connectivity index (χ3n) is 5.35. The minimum Gasteiger partial charge on any atom is -0.382 e. The van der Waals surface area contributed by atoms with Gasteiger partial charge in [0.2, 0.25) is 0 Å². The van der Waals surface area contributed by atoms with E-state index in [1.807, 2.05) is 0 Å². The molecule has 1 heterocycles. The molecule has 2 aromatic carbocycles. The fourth-order valence-corrected chi connectivity index (χ4v) is 3.67. The third kappa shape index (κ3) is 2.26. The van der Waals surface area contributed by atoms with Crippen molar-refractivity contribution in [3.8, 4) is 0 Å². The molecule has 2 heteroatoms. The van der Waals surface area contributed by atoms with E-state index in [4.69, 9.17) is 9.73 Å². The second-order valence-corrected chi connectivity index (χ2v) is 6.47. The molecule has 0 spiro atoms. The molecule has 0 saturated heterocycles. The first-order valence-corrected chi connectivity index (χ1v) is 8.24. The second-order valence-electron chi connectivity index (χ2n) is 6.47. The van der Waals surface area contributed by atoms with Gasteiger partial charge in [-0.3, -0.25) is 4.99 Å². The summed E-state index contributed by atoms with van der Waals surface area (Å²) in [6.07, 6.45) is 1.06. The van der Waals surface area contributed by atoms with Crippen molar-refractivity contribution >= 4 is 22.2 Å². The van der Waals surface area contributed by atoms with E-state index in [-0.39, 0.29) is 5.41 Å². The van der Waals surface area contributed by atoms with Crippen molar-refractivity contribution in [3.05, 3.63) is 42.0 Å². The van der Waals surface area contributed by atoms with Gasteiger partial charge >= 0.3 is 0 Å². The summed E-state index contributed by atoms with van der Waals surface area (Å²) in [6, 6.07) is 13.0. The summed E-state index contributed by atoms with van der Waals surface area (Å²) in [5.74, 6) is 0.495. The number of benzene rings is 2. The molecule has 0 aromatic heterocycles. The largest absolute Gasteiger partial charge is 0.382 e. The van der Waals surface area contributed by atoms with E-state index in [1.54, 1.807) is 0 Å². The van der Waals surface area contributed by atoms with Gasteiger partial charge in [-0.25, -0.2) is 0 Å². The Balaban J connectivity index is 2.07. The maximum atomic E-state index is 5.58. The number of hydrogen-bond donors (Lipinski definition) is 0. The first kappa shape index (κ1) is 15.2. The van der Waals surface area contributed by atoms with Crippen molar-refractivity contribution in [3.63, 3.8) is 0 Å². The summed E-state index contributed by atoms with van der Waals surface area (Å²) in [7, 11) is 0. The monoisotopic (exact) mass is 295 g/mol. The molecule has 0 saturated carbocycles. The quantitative estimate of drug-likeness (QED) is 0.689. The van der Waals surface area contributed by atoms with Crippen LogP contribution in [0.2, 0.25) is 0 Å². The molecule has 0 N–H and O–H groups in total. The molecule has 0 radical (unpaired) electrons. The average Bonchev–Trinajstić information content (AvgIpc) is 2.80. The number of rotatable bonds is 5. The molecule has 0 amide bonds. The van der Waals surface area contributed by atoms with Gasteiger partial charge < -0.3 is 4.74 Å². The summed E-state index contributed by atoms with van der Waals surface area (Å²) in [6.45, 7) is 10.5. The first-order valence-electron chi connectivity index (χ1n) is 8.24. The zero-order chi connectivity index (χ0) is 15.7. The molecule has 22 heavy (non-hydrogen) atoms. The summed E-state index contributed by atoms with van der Waals surface area (Å²) >= 11 is 0. The van der Waals surface area contributed by atoms with Crippen LogP contribution in [0.1, 0.15) is 39.7 Å². The molecule has 0 aliphatic carbocycles. The minimum absolute atomic E-state index is 0.00665. The van der Waals surface area contributed by atoms with Crippen LogP contribution in [0.25, 0.3) is 10.8 Å². The molecule has 1 aliphatic heterocycles. The van der Waals surface area contributed by atoms with Crippen LogP contribution in [-0.2, 0) is 10.2 Å². The van der Waals surface area contributed by atoms with Gasteiger partial charge in [-0.15, -0.1) is 0 Å². The van der Waals surface area contributed by atoms with Gasteiger partial charge in [0.15, 0.2) is 0 Å².